The Morgan fingerprint density at radius 1 is 0.971 bits per heavy atom. The average molecular weight is 511 g/mol. The third-order valence-corrected chi connectivity index (χ3v) is 5.81. The summed E-state index contributed by atoms with van der Waals surface area (Å²) in [6, 6.07) is 26.2. The molecule has 0 aliphatic carbocycles. The molecule has 0 bridgehead atoms. The zero-order chi connectivity index (χ0) is 23.9. The van der Waals surface area contributed by atoms with Gasteiger partial charge in [-0.05, 0) is 30.5 Å². The van der Waals surface area contributed by atoms with Crippen LogP contribution in [0.15, 0.2) is 102 Å². The number of carboxylic acid groups (broad SMARTS) is 1. The van der Waals surface area contributed by atoms with Gasteiger partial charge in [0, 0.05) is 28.6 Å². The second-order valence-electron chi connectivity index (χ2n) is 8.16. The van der Waals surface area contributed by atoms with E-state index >= 15 is 0 Å². The molecule has 1 atom stereocenters. The third kappa shape index (κ3) is 6.53. The van der Waals surface area contributed by atoms with Crippen LogP contribution in [0.4, 0.5) is 5.69 Å². The maximum absolute atomic E-state index is 13.3. The molecule has 4 rings (SSSR count). The quantitative estimate of drug-likeness (QED) is 0.252. The van der Waals surface area contributed by atoms with Crippen LogP contribution in [-0.4, -0.2) is 40.2 Å². The smallest absolute Gasteiger partial charge is 0.353 e. The average Bonchev–Trinajstić information content (AvgIpc) is 3.32. The summed E-state index contributed by atoms with van der Waals surface area (Å²) in [4.78, 5) is 31.2. The van der Waals surface area contributed by atoms with Gasteiger partial charge in [-0.3, -0.25) is 4.90 Å². The van der Waals surface area contributed by atoms with Gasteiger partial charge in [-0.2, -0.15) is 0 Å². The number of carboxylic acids is 1. The molecule has 0 saturated carbocycles. The number of amides is 1. The summed E-state index contributed by atoms with van der Waals surface area (Å²) in [6.45, 7) is 5.10. The van der Waals surface area contributed by atoms with Gasteiger partial charge in [0.25, 0.3) is 0 Å². The maximum Gasteiger partial charge on any atom is 0.353 e. The number of carbonyl (C=O) groups is 2. The topological polar surface area (TPSA) is 84.1 Å². The second-order valence-corrected chi connectivity index (χ2v) is 8.16. The molecule has 1 aliphatic heterocycles. The number of aliphatic imine (C=N–C) groups is 1. The molecule has 182 valence electrons. The van der Waals surface area contributed by atoms with Crippen LogP contribution in [0.25, 0.3) is 5.32 Å². The number of para-hydroxylation sites is 1. The summed E-state index contributed by atoms with van der Waals surface area (Å²) in [5.41, 5.74) is 3.04. The van der Waals surface area contributed by atoms with Gasteiger partial charge in [0.2, 0.25) is 0 Å². The molecule has 6 nitrogen and oxygen atoms in total. The number of hydrogen-bond donors (Lipinski definition) is 1. The standard InChI is InChI=1S/C28H27N3O3.Ni/c1-20(28(33)34)29-26(22-13-6-3-7-14-22)23-15-8-9-16-24(23)30-27(32)25-17-10-18-31(25)19-21-11-4-2-5-12-21;/h2-9,11-16,25H,1,10,17-19H2,(H2,29,30,32,33,34);/p-1/t25-;/m0./s1. The van der Waals surface area contributed by atoms with Gasteiger partial charge in [-0.25, -0.2) is 9.79 Å². The number of hydrogen-bond acceptors (Lipinski definition) is 4. The summed E-state index contributed by atoms with van der Waals surface area (Å²) >= 11 is 0. The minimum Gasteiger partial charge on any atom is -0.625 e. The molecule has 3 aromatic rings. The number of carbonyl (C=O) groups excluding carboxylic acids is 1. The molecule has 0 aromatic heterocycles. The van der Waals surface area contributed by atoms with E-state index in [1.807, 2.05) is 54.6 Å². The zero-order valence-electron chi connectivity index (χ0n) is 19.1. The first-order chi connectivity index (χ1) is 16.5. The molecule has 1 heterocycles. The van der Waals surface area contributed by atoms with E-state index in [1.54, 1.807) is 18.2 Å². The summed E-state index contributed by atoms with van der Waals surface area (Å²) in [7, 11) is 0. The summed E-state index contributed by atoms with van der Waals surface area (Å²) in [5.74, 6) is -1.41. The minimum absolute atomic E-state index is 0. The molecular weight excluding hydrogens is 485 g/mol. The van der Waals surface area contributed by atoms with Gasteiger partial charge < -0.3 is 15.2 Å². The molecule has 1 N–H and O–H groups in total. The molecule has 7 heteroatoms. The molecule has 1 fully saturated rings. The van der Waals surface area contributed by atoms with Crippen molar-refractivity contribution < 1.29 is 31.2 Å². The zero-order valence-corrected chi connectivity index (χ0v) is 20.1. The van der Waals surface area contributed by atoms with E-state index < -0.39 is 5.97 Å². The van der Waals surface area contributed by atoms with Crippen molar-refractivity contribution in [2.45, 2.75) is 25.4 Å². The van der Waals surface area contributed by atoms with E-state index in [-0.39, 0.29) is 34.1 Å². The Bertz CT molecular complexity index is 1210. The Hall–Kier alpha value is -3.54. The van der Waals surface area contributed by atoms with Crippen LogP contribution in [0, 0.1) is 0 Å². The van der Waals surface area contributed by atoms with Crippen LogP contribution in [0.1, 0.15) is 29.5 Å². The number of aliphatic carboxylic acids is 1. The summed E-state index contributed by atoms with van der Waals surface area (Å²) < 4.78 is 0. The normalized spacial score (nSPS) is 15.8. The molecule has 3 aromatic carbocycles. The number of nitrogens with zero attached hydrogens (tertiary/aromatic N) is 3. The van der Waals surface area contributed by atoms with Crippen molar-refractivity contribution in [2.75, 3.05) is 6.54 Å². The molecule has 0 spiro atoms. The molecule has 1 aliphatic rings. The van der Waals surface area contributed by atoms with Gasteiger partial charge in [0.1, 0.15) is 5.70 Å². The van der Waals surface area contributed by atoms with Crippen LogP contribution in [0.5, 0.6) is 0 Å². The van der Waals surface area contributed by atoms with Crippen molar-refractivity contribution in [3.05, 3.63) is 119 Å². The van der Waals surface area contributed by atoms with Gasteiger partial charge in [-0.15, -0.1) is 5.69 Å². The van der Waals surface area contributed by atoms with E-state index in [1.165, 1.54) is 0 Å². The van der Waals surface area contributed by atoms with Crippen molar-refractivity contribution in [1.82, 2.24) is 4.90 Å². The molecular formula is C28H26N3NiO3-. The van der Waals surface area contributed by atoms with Gasteiger partial charge >= 0.3 is 5.97 Å². The largest absolute Gasteiger partial charge is 0.625 e. The van der Waals surface area contributed by atoms with Crippen LogP contribution in [0.3, 0.4) is 0 Å². The van der Waals surface area contributed by atoms with E-state index in [0.717, 1.165) is 24.9 Å². The molecule has 1 saturated heterocycles. The first-order valence-electron chi connectivity index (χ1n) is 11.2. The predicted molar refractivity (Wildman–Crippen MR) is 133 cm³/mol. The number of rotatable bonds is 8. The number of likely N-dealkylation sites (tertiary alicyclic amines) is 1. The summed E-state index contributed by atoms with van der Waals surface area (Å²) in [5, 5.41) is 13.8. The molecule has 1 amide bonds. The fourth-order valence-electron chi connectivity index (χ4n) is 4.14. The van der Waals surface area contributed by atoms with Crippen LogP contribution < -0.4 is 0 Å². The Morgan fingerprint density at radius 3 is 2.29 bits per heavy atom. The SMILES string of the molecule is C=C(N=C(c1ccccc1)c1ccccc1[N-]C(=O)[C@@H]1CCCN1Cc1ccccc1)C(=O)O.[Ni]. The fraction of sp³-hybridized carbons (Fsp3) is 0.179. The first kappa shape index (κ1) is 26.1. The minimum atomic E-state index is -1.21. The van der Waals surface area contributed by atoms with Crippen molar-refractivity contribution >= 4 is 23.3 Å². The van der Waals surface area contributed by atoms with E-state index in [4.69, 9.17) is 0 Å². The Balaban J connectivity index is 0.00000342. The van der Waals surface area contributed by atoms with Crippen LogP contribution in [-0.2, 0) is 32.6 Å². The maximum atomic E-state index is 13.3. The molecule has 35 heavy (non-hydrogen) atoms. The summed E-state index contributed by atoms with van der Waals surface area (Å²) in [6.07, 6.45) is 1.70. The monoisotopic (exact) mass is 510 g/mol. The Labute approximate surface area is 215 Å². The molecule has 0 radical (unpaired) electrons. The van der Waals surface area contributed by atoms with Gasteiger partial charge in [0.15, 0.2) is 0 Å². The first-order valence-corrected chi connectivity index (χ1v) is 11.2. The number of benzene rings is 3. The predicted octanol–water partition coefficient (Wildman–Crippen LogP) is 5.32. The van der Waals surface area contributed by atoms with E-state index in [9.17, 15) is 14.7 Å². The van der Waals surface area contributed by atoms with Crippen molar-refractivity contribution in [1.29, 1.82) is 0 Å². The Kier molecular flexibility index (Phi) is 9.13. The van der Waals surface area contributed by atoms with Gasteiger partial charge in [0.05, 0.1) is 17.7 Å². The van der Waals surface area contributed by atoms with E-state index in [0.29, 0.717) is 29.1 Å². The van der Waals surface area contributed by atoms with Gasteiger partial charge in [-0.1, -0.05) is 91.5 Å². The van der Waals surface area contributed by atoms with E-state index in [2.05, 4.69) is 33.9 Å². The van der Waals surface area contributed by atoms with Crippen LogP contribution in [0.2, 0.25) is 0 Å². The Morgan fingerprint density at radius 2 is 1.60 bits per heavy atom. The third-order valence-electron chi connectivity index (χ3n) is 5.81. The van der Waals surface area contributed by atoms with Crippen molar-refractivity contribution in [3.63, 3.8) is 0 Å². The van der Waals surface area contributed by atoms with Crippen molar-refractivity contribution in [2.24, 2.45) is 4.99 Å². The van der Waals surface area contributed by atoms with Crippen molar-refractivity contribution in [3.8, 4) is 0 Å². The molecule has 0 unspecified atom stereocenters. The fourth-order valence-corrected chi connectivity index (χ4v) is 4.14. The second kappa shape index (κ2) is 12.2. The van der Waals surface area contributed by atoms with Crippen LogP contribution >= 0.6 is 0 Å².